The number of amides is 1. The van der Waals surface area contributed by atoms with Gasteiger partial charge in [-0.25, -0.2) is 23.1 Å². The first-order valence-corrected chi connectivity index (χ1v) is 7.16. The molecule has 1 saturated heterocycles. The second-order valence-electron chi connectivity index (χ2n) is 5.04. The Bertz CT molecular complexity index is 749. The monoisotopic (exact) mass is 338 g/mol. The fourth-order valence-corrected chi connectivity index (χ4v) is 2.19. The number of rotatable bonds is 3. The van der Waals surface area contributed by atoms with Crippen molar-refractivity contribution in [2.75, 3.05) is 31.6 Å². The normalized spacial score (nSPS) is 14.5. The summed E-state index contributed by atoms with van der Waals surface area (Å²) in [6.07, 6.45) is 2.45. The molecule has 0 bridgehead atoms. The van der Waals surface area contributed by atoms with Crippen LogP contribution in [0.5, 0.6) is 0 Å². The van der Waals surface area contributed by atoms with Gasteiger partial charge in [-0.1, -0.05) is 0 Å². The molecule has 3 rings (SSSR count). The Morgan fingerprint density at radius 1 is 1.08 bits per heavy atom. The van der Waals surface area contributed by atoms with E-state index in [-0.39, 0.29) is 23.1 Å². The highest BCUT2D eigenvalue weighted by Gasteiger charge is 2.20. The number of hydrogen-bond acceptors (Lipinski definition) is 5. The van der Waals surface area contributed by atoms with E-state index in [1.165, 1.54) is 12.4 Å². The number of hydrogen-bond donors (Lipinski definition) is 1. The van der Waals surface area contributed by atoms with Crippen LogP contribution in [0.15, 0.2) is 24.5 Å². The Morgan fingerprint density at radius 3 is 2.50 bits per heavy atom. The summed E-state index contributed by atoms with van der Waals surface area (Å²) in [6.45, 7) is 1.88. The van der Waals surface area contributed by atoms with Gasteiger partial charge in [0, 0.05) is 13.1 Å². The summed E-state index contributed by atoms with van der Waals surface area (Å²) >= 11 is 0. The molecule has 1 aliphatic heterocycles. The summed E-state index contributed by atoms with van der Waals surface area (Å²) in [5.74, 6) is -4.40. The number of anilines is 2. The molecule has 0 atom stereocenters. The van der Waals surface area contributed by atoms with Crippen molar-refractivity contribution in [3.05, 3.63) is 47.7 Å². The predicted octanol–water partition coefficient (Wildman–Crippen LogP) is 2.11. The van der Waals surface area contributed by atoms with Crippen molar-refractivity contribution in [2.45, 2.75) is 0 Å². The average Bonchev–Trinajstić information content (AvgIpc) is 2.63. The number of nitrogens with zero attached hydrogens (tertiary/aromatic N) is 3. The number of nitrogens with one attached hydrogen (secondary N) is 1. The van der Waals surface area contributed by atoms with Gasteiger partial charge < -0.3 is 15.0 Å². The second kappa shape index (κ2) is 6.83. The van der Waals surface area contributed by atoms with Crippen LogP contribution < -0.4 is 5.32 Å². The van der Waals surface area contributed by atoms with Crippen LogP contribution in [0.3, 0.4) is 0 Å². The Morgan fingerprint density at radius 2 is 1.83 bits per heavy atom. The summed E-state index contributed by atoms with van der Waals surface area (Å²) in [6, 6.07) is 1.84. The van der Waals surface area contributed by atoms with Crippen LogP contribution in [0, 0.1) is 17.5 Å². The molecule has 1 amide bonds. The van der Waals surface area contributed by atoms with E-state index in [0.29, 0.717) is 26.3 Å². The van der Waals surface area contributed by atoms with Crippen molar-refractivity contribution in [2.24, 2.45) is 0 Å². The molecule has 1 aromatic heterocycles. The fourth-order valence-electron chi connectivity index (χ4n) is 2.19. The summed E-state index contributed by atoms with van der Waals surface area (Å²) < 4.78 is 44.8. The first-order valence-electron chi connectivity index (χ1n) is 7.16. The van der Waals surface area contributed by atoms with Crippen LogP contribution >= 0.6 is 0 Å². The minimum Gasteiger partial charge on any atom is -0.378 e. The van der Waals surface area contributed by atoms with Gasteiger partial charge in [0.05, 0.1) is 31.3 Å². The van der Waals surface area contributed by atoms with E-state index >= 15 is 0 Å². The maximum atomic E-state index is 13.6. The average molecular weight is 338 g/mol. The van der Waals surface area contributed by atoms with Crippen LogP contribution in [0.25, 0.3) is 0 Å². The third kappa shape index (κ3) is 3.30. The Balaban J connectivity index is 1.73. The SMILES string of the molecule is O=C(c1cnc(Nc2ccc(F)c(F)c2F)cn1)N1CCOCC1. The molecule has 1 aromatic carbocycles. The van der Waals surface area contributed by atoms with E-state index in [1.54, 1.807) is 4.90 Å². The lowest BCUT2D eigenvalue weighted by atomic mass is 10.3. The lowest BCUT2D eigenvalue weighted by Gasteiger charge is -2.26. The molecular weight excluding hydrogens is 325 g/mol. The van der Waals surface area contributed by atoms with Crippen molar-refractivity contribution < 1.29 is 22.7 Å². The third-order valence-corrected chi connectivity index (χ3v) is 3.47. The molecule has 1 N–H and O–H groups in total. The van der Waals surface area contributed by atoms with Crippen molar-refractivity contribution in [1.29, 1.82) is 0 Å². The van der Waals surface area contributed by atoms with Gasteiger partial charge in [0.2, 0.25) is 0 Å². The minimum absolute atomic E-state index is 0.0958. The topological polar surface area (TPSA) is 67.4 Å². The summed E-state index contributed by atoms with van der Waals surface area (Å²) in [5.41, 5.74) is -0.149. The van der Waals surface area contributed by atoms with Gasteiger partial charge >= 0.3 is 0 Å². The van der Waals surface area contributed by atoms with E-state index in [9.17, 15) is 18.0 Å². The molecule has 2 aromatic rings. The van der Waals surface area contributed by atoms with Gasteiger partial charge in [0.1, 0.15) is 11.5 Å². The largest absolute Gasteiger partial charge is 0.378 e. The number of halogens is 3. The molecule has 1 aliphatic rings. The molecule has 0 saturated carbocycles. The number of ether oxygens (including phenoxy) is 1. The third-order valence-electron chi connectivity index (χ3n) is 3.47. The van der Waals surface area contributed by atoms with Crippen LogP contribution in [-0.4, -0.2) is 47.1 Å². The van der Waals surface area contributed by atoms with Crippen molar-refractivity contribution in [3.63, 3.8) is 0 Å². The zero-order chi connectivity index (χ0) is 17.1. The molecule has 9 heteroatoms. The highest BCUT2D eigenvalue weighted by molar-refractivity contribution is 5.92. The lowest BCUT2D eigenvalue weighted by molar-refractivity contribution is 0.0298. The van der Waals surface area contributed by atoms with E-state index in [4.69, 9.17) is 4.74 Å². The van der Waals surface area contributed by atoms with Gasteiger partial charge in [-0.2, -0.15) is 0 Å². The molecule has 0 spiro atoms. The number of morpholine rings is 1. The maximum absolute atomic E-state index is 13.6. The first kappa shape index (κ1) is 16.2. The van der Waals surface area contributed by atoms with Gasteiger partial charge in [-0.15, -0.1) is 0 Å². The molecular formula is C15H13F3N4O2. The molecule has 0 radical (unpaired) electrons. The second-order valence-corrected chi connectivity index (χ2v) is 5.04. The number of carbonyl (C=O) groups is 1. The van der Waals surface area contributed by atoms with Crippen LogP contribution in [-0.2, 0) is 4.74 Å². The van der Waals surface area contributed by atoms with E-state index < -0.39 is 17.5 Å². The molecule has 6 nitrogen and oxygen atoms in total. The zero-order valence-electron chi connectivity index (χ0n) is 12.4. The number of carbonyl (C=O) groups excluding carboxylic acids is 1. The standard InChI is InChI=1S/C15H13F3N4O2/c16-9-1-2-10(14(18)13(9)17)21-12-8-19-11(7-20-12)15(23)22-3-5-24-6-4-22/h1-2,7-8H,3-6H2,(H,20,21). The number of aromatic nitrogens is 2. The summed E-state index contributed by atoms with van der Waals surface area (Å²) in [7, 11) is 0. The van der Waals surface area contributed by atoms with E-state index in [2.05, 4.69) is 15.3 Å². The molecule has 2 heterocycles. The molecule has 126 valence electrons. The van der Waals surface area contributed by atoms with Crippen molar-refractivity contribution in [1.82, 2.24) is 14.9 Å². The van der Waals surface area contributed by atoms with E-state index in [0.717, 1.165) is 12.1 Å². The Kier molecular flexibility index (Phi) is 4.61. The quantitative estimate of drug-likeness (QED) is 0.868. The van der Waals surface area contributed by atoms with Gasteiger partial charge in [-0.05, 0) is 12.1 Å². The maximum Gasteiger partial charge on any atom is 0.274 e. The van der Waals surface area contributed by atoms with Crippen LogP contribution in [0.4, 0.5) is 24.7 Å². The fraction of sp³-hybridized carbons (Fsp3) is 0.267. The van der Waals surface area contributed by atoms with Gasteiger partial charge in [0.25, 0.3) is 5.91 Å². The van der Waals surface area contributed by atoms with Crippen molar-refractivity contribution in [3.8, 4) is 0 Å². The Hall–Kier alpha value is -2.68. The summed E-state index contributed by atoms with van der Waals surface area (Å²) in [4.78, 5) is 21.7. The van der Waals surface area contributed by atoms with E-state index in [1.807, 2.05) is 0 Å². The van der Waals surface area contributed by atoms with Crippen molar-refractivity contribution >= 4 is 17.4 Å². The lowest BCUT2D eigenvalue weighted by Crippen LogP contribution is -2.41. The molecule has 1 fully saturated rings. The van der Waals surface area contributed by atoms with Crippen LogP contribution in [0.2, 0.25) is 0 Å². The smallest absolute Gasteiger partial charge is 0.274 e. The minimum atomic E-state index is -1.58. The predicted molar refractivity (Wildman–Crippen MR) is 78.4 cm³/mol. The highest BCUT2D eigenvalue weighted by Crippen LogP contribution is 2.22. The highest BCUT2D eigenvalue weighted by atomic mass is 19.2. The molecule has 0 unspecified atom stereocenters. The molecule has 0 aliphatic carbocycles. The van der Waals surface area contributed by atoms with Crippen LogP contribution in [0.1, 0.15) is 10.5 Å². The van der Waals surface area contributed by atoms with Gasteiger partial charge in [0.15, 0.2) is 17.5 Å². The van der Waals surface area contributed by atoms with Gasteiger partial charge in [-0.3, -0.25) is 4.79 Å². The molecule has 24 heavy (non-hydrogen) atoms. The zero-order valence-corrected chi connectivity index (χ0v) is 12.4. The Labute approximate surface area is 135 Å². The first-order chi connectivity index (χ1) is 11.6. The summed E-state index contributed by atoms with van der Waals surface area (Å²) in [5, 5.41) is 2.49. The number of benzene rings is 1.